The number of nitrogens with two attached hydrogens (primary N) is 1. The molecule has 0 radical (unpaired) electrons. The minimum atomic E-state index is -0.0321. The summed E-state index contributed by atoms with van der Waals surface area (Å²) in [6.07, 6.45) is 0.940. The lowest BCUT2D eigenvalue weighted by Gasteiger charge is -2.21. The predicted molar refractivity (Wildman–Crippen MR) is 72.0 cm³/mol. The second-order valence-electron chi connectivity index (χ2n) is 5.07. The molecule has 1 aromatic rings. The molecule has 0 bridgehead atoms. The van der Waals surface area contributed by atoms with Gasteiger partial charge in [-0.1, -0.05) is 0 Å². The van der Waals surface area contributed by atoms with Gasteiger partial charge >= 0.3 is 0 Å². The van der Waals surface area contributed by atoms with Crippen LogP contribution in [0.3, 0.4) is 0 Å². The van der Waals surface area contributed by atoms with Gasteiger partial charge in [-0.3, -0.25) is 4.99 Å². The number of nitrogens with zero attached hydrogens (tertiary/aromatic N) is 1. The van der Waals surface area contributed by atoms with Crippen LogP contribution in [0.15, 0.2) is 21.8 Å². The van der Waals surface area contributed by atoms with Crippen LogP contribution < -0.4 is 11.1 Å². The van der Waals surface area contributed by atoms with Crippen LogP contribution >= 0.6 is 11.3 Å². The number of hydrogen-bond donors (Lipinski definition) is 2. The number of nitrogens with one attached hydrogen (secondary N) is 1. The summed E-state index contributed by atoms with van der Waals surface area (Å²) in [5.41, 5.74) is 7.12. The molecule has 1 aromatic heterocycles. The van der Waals surface area contributed by atoms with Crippen molar-refractivity contribution in [1.29, 1.82) is 0 Å². The SMILES string of the molecule is CC(Cc1ccsc1)N=C(N)NC(C)(C)C. The molecule has 0 spiro atoms. The van der Waals surface area contributed by atoms with Crippen molar-refractivity contribution in [2.24, 2.45) is 10.7 Å². The molecule has 3 nitrogen and oxygen atoms in total. The maximum absolute atomic E-state index is 5.83. The van der Waals surface area contributed by atoms with Gasteiger partial charge in [-0.2, -0.15) is 11.3 Å². The normalized spacial score (nSPS) is 14.9. The topological polar surface area (TPSA) is 50.4 Å². The first kappa shape index (κ1) is 13.0. The van der Waals surface area contributed by atoms with Crippen molar-refractivity contribution < 1.29 is 0 Å². The molecule has 3 N–H and O–H groups in total. The zero-order valence-corrected chi connectivity index (χ0v) is 11.3. The van der Waals surface area contributed by atoms with Crippen molar-refractivity contribution in [2.45, 2.75) is 45.7 Å². The summed E-state index contributed by atoms with van der Waals surface area (Å²) in [4.78, 5) is 4.43. The summed E-state index contributed by atoms with van der Waals surface area (Å²) < 4.78 is 0. The Morgan fingerprint density at radius 1 is 1.56 bits per heavy atom. The van der Waals surface area contributed by atoms with Crippen molar-refractivity contribution in [1.82, 2.24) is 5.32 Å². The molecule has 0 aromatic carbocycles. The molecule has 0 saturated carbocycles. The molecule has 0 amide bonds. The van der Waals surface area contributed by atoms with Crippen LogP contribution in [-0.2, 0) is 6.42 Å². The molecule has 1 unspecified atom stereocenters. The molecule has 4 heteroatoms. The Balaban J connectivity index is 2.49. The highest BCUT2D eigenvalue weighted by atomic mass is 32.1. The van der Waals surface area contributed by atoms with E-state index in [0.29, 0.717) is 5.96 Å². The van der Waals surface area contributed by atoms with E-state index in [0.717, 1.165) is 6.42 Å². The lowest BCUT2D eigenvalue weighted by molar-refractivity contribution is 0.506. The van der Waals surface area contributed by atoms with Crippen LogP contribution in [0.25, 0.3) is 0 Å². The maximum Gasteiger partial charge on any atom is 0.189 e. The molecule has 0 aliphatic carbocycles. The third kappa shape index (κ3) is 5.16. The van der Waals surface area contributed by atoms with Crippen LogP contribution in [0.5, 0.6) is 0 Å². The smallest absolute Gasteiger partial charge is 0.189 e. The molecule has 0 fully saturated rings. The van der Waals surface area contributed by atoms with E-state index in [1.54, 1.807) is 11.3 Å². The van der Waals surface area contributed by atoms with E-state index in [9.17, 15) is 0 Å². The Hall–Kier alpha value is -1.03. The maximum atomic E-state index is 5.83. The van der Waals surface area contributed by atoms with E-state index < -0.39 is 0 Å². The first-order valence-corrected chi connectivity index (χ1v) is 6.43. The van der Waals surface area contributed by atoms with Gasteiger partial charge in [0.15, 0.2) is 5.96 Å². The Morgan fingerprint density at radius 3 is 2.75 bits per heavy atom. The third-order valence-corrected chi connectivity index (χ3v) is 2.71. The van der Waals surface area contributed by atoms with E-state index >= 15 is 0 Å². The van der Waals surface area contributed by atoms with Crippen LogP contribution in [0.4, 0.5) is 0 Å². The van der Waals surface area contributed by atoms with Crippen molar-refractivity contribution in [2.75, 3.05) is 0 Å². The van der Waals surface area contributed by atoms with Gasteiger partial charge in [0, 0.05) is 5.54 Å². The summed E-state index contributed by atoms with van der Waals surface area (Å²) in [6.45, 7) is 8.28. The average molecular weight is 239 g/mol. The Morgan fingerprint density at radius 2 is 2.25 bits per heavy atom. The zero-order chi connectivity index (χ0) is 12.2. The molecule has 90 valence electrons. The molecule has 1 rings (SSSR count). The van der Waals surface area contributed by atoms with Crippen LogP contribution in [0, 0.1) is 0 Å². The average Bonchev–Trinajstić information content (AvgIpc) is 2.51. The fourth-order valence-corrected chi connectivity index (χ4v) is 2.13. The van der Waals surface area contributed by atoms with Gasteiger partial charge in [-0.25, -0.2) is 0 Å². The van der Waals surface area contributed by atoms with Crippen molar-refractivity contribution in [3.05, 3.63) is 22.4 Å². The van der Waals surface area contributed by atoms with Gasteiger partial charge in [0.25, 0.3) is 0 Å². The van der Waals surface area contributed by atoms with E-state index in [1.807, 2.05) is 0 Å². The highest BCUT2D eigenvalue weighted by Gasteiger charge is 2.11. The molecular weight excluding hydrogens is 218 g/mol. The quantitative estimate of drug-likeness (QED) is 0.628. The van der Waals surface area contributed by atoms with E-state index in [-0.39, 0.29) is 11.6 Å². The van der Waals surface area contributed by atoms with E-state index in [1.165, 1.54) is 5.56 Å². The van der Waals surface area contributed by atoms with Gasteiger partial charge in [0.2, 0.25) is 0 Å². The van der Waals surface area contributed by atoms with Crippen LogP contribution in [0.2, 0.25) is 0 Å². The van der Waals surface area contributed by atoms with Crippen molar-refractivity contribution in [3.8, 4) is 0 Å². The van der Waals surface area contributed by atoms with E-state index in [2.05, 4.69) is 54.8 Å². The van der Waals surface area contributed by atoms with Crippen molar-refractivity contribution >= 4 is 17.3 Å². The van der Waals surface area contributed by atoms with Crippen LogP contribution in [0.1, 0.15) is 33.3 Å². The largest absolute Gasteiger partial charge is 0.370 e. The van der Waals surface area contributed by atoms with E-state index in [4.69, 9.17) is 5.73 Å². The summed E-state index contributed by atoms with van der Waals surface area (Å²) >= 11 is 1.72. The second-order valence-corrected chi connectivity index (χ2v) is 5.85. The molecule has 0 saturated heterocycles. The fourth-order valence-electron chi connectivity index (χ4n) is 1.45. The highest BCUT2D eigenvalue weighted by Crippen LogP contribution is 2.10. The lowest BCUT2D eigenvalue weighted by Crippen LogP contribution is -2.45. The third-order valence-electron chi connectivity index (χ3n) is 1.97. The Kier molecular flexibility index (Phi) is 4.35. The minimum absolute atomic E-state index is 0.0321. The molecule has 16 heavy (non-hydrogen) atoms. The summed E-state index contributed by atoms with van der Waals surface area (Å²) in [7, 11) is 0. The van der Waals surface area contributed by atoms with Crippen molar-refractivity contribution in [3.63, 3.8) is 0 Å². The molecule has 0 aliphatic heterocycles. The van der Waals surface area contributed by atoms with Gasteiger partial charge < -0.3 is 11.1 Å². The molecule has 0 aliphatic rings. The number of hydrogen-bond acceptors (Lipinski definition) is 2. The molecular formula is C12H21N3S. The monoisotopic (exact) mass is 239 g/mol. The number of aliphatic imine (C=N–C) groups is 1. The van der Waals surface area contributed by atoms with Gasteiger partial charge in [0.1, 0.15) is 0 Å². The second kappa shape index (κ2) is 5.34. The first-order valence-electron chi connectivity index (χ1n) is 5.49. The van der Waals surface area contributed by atoms with Gasteiger partial charge in [-0.15, -0.1) is 0 Å². The van der Waals surface area contributed by atoms with Gasteiger partial charge in [-0.05, 0) is 56.5 Å². The number of rotatable bonds is 3. The first-order chi connectivity index (χ1) is 7.37. The Bertz CT molecular complexity index is 336. The molecule has 1 atom stereocenters. The highest BCUT2D eigenvalue weighted by molar-refractivity contribution is 7.07. The fraction of sp³-hybridized carbons (Fsp3) is 0.583. The predicted octanol–water partition coefficient (Wildman–Crippen LogP) is 2.38. The summed E-state index contributed by atoms with van der Waals surface area (Å²) in [5, 5.41) is 7.40. The van der Waals surface area contributed by atoms with Gasteiger partial charge in [0.05, 0.1) is 6.04 Å². The Labute approximate surface area is 102 Å². The standard InChI is InChI=1S/C12H21N3S/c1-9(7-10-5-6-16-8-10)14-11(13)15-12(2,3)4/h5-6,8-9H,7H2,1-4H3,(H3,13,14,15). The number of guanidine groups is 1. The molecule has 1 heterocycles. The summed E-state index contributed by atoms with van der Waals surface area (Å²) in [5.74, 6) is 0.523. The van der Waals surface area contributed by atoms with Crippen LogP contribution in [-0.4, -0.2) is 17.5 Å². The number of thiophene rings is 1. The lowest BCUT2D eigenvalue weighted by atomic mass is 10.1. The minimum Gasteiger partial charge on any atom is -0.370 e. The zero-order valence-electron chi connectivity index (χ0n) is 10.4. The summed E-state index contributed by atoms with van der Waals surface area (Å²) in [6, 6.07) is 2.34.